The Morgan fingerprint density at radius 2 is 1.68 bits per heavy atom. The van der Waals surface area contributed by atoms with E-state index in [2.05, 4.69) is 0 Å². The number of carbonyl (C=O) groups is 2. The van der Waals surface area contributed by atoms with Gasteiger partial charge in [0, 0.05) is 19.5 Å². The number of hydrogen-bond acceptors (Lipinski definition) is 3. The summed E-state index contributed by atoms with van der Waals surface area (Å²) in [7, 11) is 0. The number of likely N-dealkylation sites (tertiary alicyclic amines) is 1. The van der Waals surface area contributed by atoms with Gasteiger partial charge in [-0.15, -0.1) is 0 Å². The van der Waals surface area contributed by atoms with Crippen molar-refractivity contribution in [1.29, 1.82) is 0 Å². The Morgan fingerprint density at radius 3 is 2.39 bits per heavy atom. The van der Waals surface area contributed by atoms with Crippen LogP contribution in [0.4, 0.5) is 0 Å². The van der Waals surface area contributed by atoms with Crippen LogP contribution in [0.2, 0.25) is 0 Å². The fraction of sp³-hybridized carbons (Fsp3) is 0.391. The molecule has 2 aromatic rings. The Kier molecular flexibility index (Phi) is 7.06. The van der Waals surface area contributed by atoms with Crippen molar-refractivity contribution < 1.29 is 19.4 Å². The number of piperidine rings is 1. The Labute approximate surface area is 165 Å². The van der Waals surface area contributed by atoms with Gasteiger partial charge in [0.2, 0.25) is 5.91 Å². The second kappa shape index (κ2) is 9.93. The molecule has 0 aromatic heterocycles. The topological polar surface area (TPSA) is 66.8 Å². The molecule has 3 rings (SSSR count). The first-order valence-corrected chi connectivity index (χ1v) is 9.90. The number of aromatic carboxylic acids is 1. The van der Waals surface area contributed by atoms with E-state index in [4.69, 9.17) is 4.74 Å². The van der Waals surface area contributed by atoms with E-state index in [0.717, 1.165) is 43.7 Å². The molecule has 5 nitrogen and oxygen atoms in total. The van der Waals surface area contributed by atoms with Crippen molar-refractivity contribution in [3.8, 4) is 5.75 Å². The number of benzene rings is 2. The van der Waals surface area contributed by atoms with Crippen molar-refractivity contribution in [1.82, 2.24) is 4.90 Å². The molecule has 28 heavy (non-hydrogen) atoms. The summed E-state index contributed by atoms with van der Waals surface area (Å²) in [4.78, 5) is 25.7. The largest absolute Gasteiger partial charge is 0.494 e. The van der Waals surface area contributed by atoms with Gasteiger partial charge in [0.1, 0.15) is 5.75 Å². The zero-order valence-electron chi connectivity index (χ0n) is 16.0. The first-order chi connectivity index (χ1) is 13.6. The monoisotopic (exact) mass is 381 g/mol. The molecule has 0 bridgehead atoms. The Hall–Kier alpha value is -2.82. The number of nitrogens with zero attached hydrogens (tertiary/aromatic N) is 1. The highest BCUT2D eigenvalue weighted by Gasteiger charge is 2.23. The van der Waals surface area contributed by atoms with Crippen LogP contribution in [0.1, 0.15) is 41.6 Å². The van der Waals surface area contributed by atoms with E-state index in [1.807, 2.05) is 47.4 Å². The average Bonchev–Trinajstić information content (AvgIpc) is 2.72. The lowest BCUT2D eigenvalue weighted by Crippen LogP contribution is -2.39. The molecule has 0 aliphatic carbocycles. The third-order valence-corrected chi connectivity index (χ3v) is 5.27. The summed E-state index contributed by atoms with van der Waals surface area (Å²) in [5, 5.41) is 9.32. The predicted octanol–water partition coefficient (Wildman–Crippen LogP) is 4.03. The van der Waals surface area contributed by atoms with Gasteiger partial charge in [-0.3, -0.25) is 4.79 Å². The molecule has 1 fully saturated rings. The molecule has 1 N–H and O–H groups in total. The van der Waals surface area contributed by atoms with Crippen LogP contribution in [0, 0.1) is 5.92 Å². The van der Waals surface area contributed by atoms with Gasteiger partial charge in [-0.1, -0.05) is 36.4 Å². The third kappa shape index (κ3) is 5.59. The molecular weight excluding hydrogens is 354 g/mol. The van der Waals surface area contributed by atoms with E-state index < -0.39 is 5.97 Å². The van der Waals surface area contributed by atoms with Crippen molar-refractivity contribution in [3.05, 3.63) is 65.7 Å². The van der Waals surface area contributed by atoms with Crippen LogP contribution in [-0.2, 0) is 11.2 Å². The lowest BCUT2D eigenvalue weighted by atomic mass is 9.88. The summed E-state index contributed by atoms with van der Waals surface area (Å²) in [6.07, 6.45) is 3.80. The molecule has 0 saturated carbocycles. The van der Waals surface area contributed by atoms with Gasteiger partial charge in [0.05, 0.1) is 12.2 Å². The van der Waals surface area contributed by atoms with Crippen molar-refractivity contribution in [2.45, 2.75) is 32.1 Å². The smallest absolute Gasteiger partial charge is 0.335 e. The number of hydrogen-bond donors (Lipinski definition) is 1. The number of carboxylic acids is 1. The highest BCUT2D eigenvalue weighted by Crippen LogP contribution is 2.24. The molecule has 0 radical (unpaired) electrons. The van der Waals surface area contributed by atoms with Crippen LogP contribution < -0.4 is 4.74 Å². The van der Waals surface area contributed by atoms with Gasteiger partial charge in [-0.25, -0.2) is 4.79 Å². The standard InChI is InChI=1S/C23H27NO4/c25-22(11-6-16-28-20-8-2-1-3-9-20)24-14-12-18(13-15-24)17-19-7-4-5-10-21(19)23(26)27/h1-5,7-10,18H,6,11-17H2,(H,26,27). The summed E-state index contributed by atoms with van der Waals surface area (Å²) in [6, 6.07) is 16.8. The Bertz CT molecular complexity index is 782. The SMILES string of the molecule is O=C(O)c1ccccc1CC1CCN(C(=O)CCCOc2ccccc2)CC1. The fourth-order valence-corrected chi connectivity index (χ4v) is 3.69. The molecular formula is C23H27NO4. The van der Waals surface area contributed by atoms with Gasteiger partial charge in [0.25, 0.3) is 0 Å². The van der Waals surface area contributed by atoms with Gasteiger partial charge < -0.3 is 14.7 Å². The van der Waals surface area contributed by atoms with E-state index in [1.165, 1.54) is 0 Å². The van der Waals surface area contributed by atoms with Crippen LogP contribution in [0.25, 0.3) is 0 Å². The molecule has 5 heteroatoms. The minimum atomic E-state index is -0.874. The summed E-state index contributed by atoms with van der Waals surface area (Å²) < 4.78 is 5.64. The van der Waals surface area contributed by atoms with Gasteiger partial charge in [0.15, 0.2) is 0 Å². The van der Waals surface area contributed by atoms with Crippen LogP contribution >= 0.6 is 0 Å². The third-order valence-electron chi connectivity index (χ3n) is 5.27. The molecule has 0 atom stereocenters. The first-order valence-electron chi connectivity index (χ1n) is 9.90. The molecule has 1 heterocycles. The number of rotatable bonds is 8. The van der Waals surface area contributed by atoms with Crippen LogP contribution in [0.3, 0.4) is 0 Å². The van der Waals surface area contributed by atoms with E-state index in [0.29, 0.717) is 30.9 Å². The number of ether oxygens (including phenoxy) is 1. The lowest BCUT2D eigenvalue weighted by molar-refractivity contribution is -0.132. The summed E-state index contributed by atoms with van der Waals surface area (Å²) >= 11 is 0. The van der Waals surface area contributed by atoms with Crippen molar-refractivity contribution in [3.63, 3.8) is 0 Å². The normalized spacial score (nSPS) is 14.6. The maximum atomic E-state index is 12.4. The zero-order chi connectivity index (χ0) is 19.8. The molecule has 0 unspecified atom stereocenters. The highest BCUT2D eigenvalue weighted by atomic mass is 16.5. The van der Waals surface area contributed by atoms with E-state index in [-0.39, 0.29) is 5.91 Å². The first kappa shape index (κ1) is 19.9. The Balaban J connectivity index is 1.39. The second-order valence-electron chi connectivity index (χ2n) is 7.26. The van der Waals surface area contributed by atoms with Crippen LogP contribution in [0.5, 0.6) is 5.75 Å². The van der Waals surface area contributed by atoms with Crippen LogP contribution in [-0.4, -0.2) is 41.6 Å². The van der Waals surface area contributed by atoms with Gasteiger partial charge >= 0.3 is 5.97 Å². The molecule has 1 aliphatic rings. The molecule has 1 aliphatic heterocycles. The van der Waals surface area contributed by atoms with Gasteiger partial charge in [-0.2, -0.15) is 0 Å². The van der Waals surface area contributed by atoms with Crippen molar-refractivity contribution >= 4 is 11.9 Å². The molecule has 148 valence electrons. The number of carbonyl (C=O) groups excluding carboxylic acids is 1. The number of carboxylic acid groups (broad SMARTS) is 1. The maximum absolute atomic E-state index is 12.4. The summed E-state index contributed by atoms with van der Waals surface area (Å²) in [5.41, 5.74) is 1.28. The van der Waals surface area contributed by atoms with Gasteiger partial charge in [-0.05, 0) is 55.4 Å². The second-order valence-corrected chi connectivity index (χ2v) is 7.26. The van der Waals surface area contributed by atoms with Crippen LogP contribution in [0.15, 0.2) is 54.6 Å². The maximum Gasteiger partial charge on any atom is 0.335 e. The average molecular weight is 381 g/mol. The molecule has 2 aromatic carbocycles. The quantitative estimate of drug-likeness (QED) is 0.701. The van der Waals surface area contributed by atoms with Crippen molar-refractivity contribution in [2.24, 2.45) is 5.92 Å². The van der Waals surface area contributed by atoms with Crippen molar-refractivity contribution in [2.75, 3.05) is 19.7 Å². The summed E-state index contributed by atoms with van der Waals surface area (Å²) in [6.45, 7) is 2.04. The van der Waals surface area contributed by atoms with E-state index in [9.17, 15) is 14.7 Å². The minimum Gasteiger partial charge on any atom is -0.494 e. The molecule has 0 spiro atoms. The lowest BCUT2D eigenvalue weighted by Gasteiger charge is -2.32. The van der Waals surface area contributed by atoms with E-state index in [1.54, 1.807) is 12.1 Å². The number of para-hydroxylation sites is 1. The number of amides is 1. The highest BCUT2D eigenvalue weighted by molar-refractivity contribution is 5.89. The summed E-state index contributed by atoms with van der Waals surface area (Å²) in [5.74, 6) is 0.561. The fourth-order valence-electron chi connectivity index (χ4n) is 3.69. The zero-order valence-corrected chi connectivity index (χ0v) is 16.0. The van der Waals surface area contributed by atoms with E-state index >= 15 is 0 Å². The molecule has 1 saturated heterocycles. The Morgan fingerprint density at radius 1 is 1.00 bits per heavy atom. The molecule has 1 amide bonds. The minimum absolute atomic E-state index is 0.182. The predicted molar refractivity (Wildman–Crippen MR) is 108 cm³/mol.